The first-order chi connectivity index (χ1) is 8.16. The second-order valence-electron chi connectivity index (χ2n) is 5.57. The van der Waals surface area contributed by atoms with Crippen molar-refractivity contribution in [1.29, 1.82) is 0 Å². The largest absolute Gasteiger partial charge is 0.499 e. The Hall–Kier alpha value is 0.451. The summed E-state index contributed by atoms with van der Waals surface area (Å²) in [6, 6.07) is 1.66. The van der Waals surface area contributed by atoms with Crippen LogP contribution in [-0.2, 0) is 17.4 Å². The van der Waals surface area contributed by atoms with Crippen molar-refractivity contribution in [3.63, 3.8) is 0 Å². The fourth-order valence-corrected chi connectivity index (χ4v) is 13.2. The first kappa shape index (κ1) is 18.5. The summed E-state index contributed by atoms with van der Waals surface area (Å²) >= 11 is 0. The van der Waals surface area contributed by atoms with Crippen molar-refractivity contribution in [1.82, 2.24) is 0 Å². The molecule has 5 nitrogen and oxygen atoms in total. The average Bonchev–Trinajstić information content (AvgIpc) is 2.30. The van der Waals surface area contributed by atoms with Crippen LogP contribution in [0.2, 0.25) is 38.3 Å². The third-order valence-electron chi connectivity index (χ3n) is 2.90. The van der Waals surface area contributed by atoms with E-state index in [-0.39, 0.29) is 6.23 Å². The fraction of sp³-hybridized carbons (Fsp3) is 1.00. The summed E-state index contributed by atoms with van der Waals surface area (Å²) in [7, 11) is -1.38. The van der Waals surface area contributed by atoms with Crippen molar-refractivity contribution in [2.24, 2.45) is 0 Å². The summed E-state index contributed by atoms with van der Waals surface area (Å²) in [5, 5.41) is 9.32. The van der Waals surface area contributed by atoms with Gasteiger partial charge in [-0.25, -0.2) is 0 Å². The summed E-state index contributed by atoms with van der Waals surface area (Å²) < 4.78 is 22.4. The molecule has 0 atom stereocenters. The van der Waals surface area contributed by atoms with Gasteiger partial charge in [0.15, 0.2) is 16.6 Å². The lowest BCUT2D eigenvalue weighted by Gasteiger charge is -2.34. The van der Waals surface area contributed by atoms with E-state index in [0.717, 1.165) is 12.1 Å². The second kappa shape index (κ2) is 7.29. The third-order valence-corrected chi connectivity index (χ3v) is 12.8. The summed E-state index contributed by atoms with van der Waals surface area (Å²) in [5.41, 5.74) is 0. The molecule has 0 radical (unpaired) electrons. The minimum Gasteiger partial charge on any atom is -0.454 e. The molecular weight excluding hydrogens is 284 g/mol. The zero-order chi connectivity index (χ0) is 14.4. The Bertz CT molecular complexity index is 235. The SMILES string of the molecule is CO[Si](CC[Si](C)(C)O[Si](C)(C)CO)(OC)OC. The van der Waals surface area contributed by atoms with Crippen molar-refractivity contribution >= 4 is 25.4 Å². The minimum atomic E-state index is -2.51. The lowest BCUT2D eigenvalue weighted by Crippen LogP contribution is -2.49. The van der Waals surface area contributed by atoms with E-state index >= 15 is 0 Å². The van der Waals surface area contributed by atoms with Crippen LogP contribution in [0.5, 0.6) is 0 Å². The smallest absolute Gasteiger partial charge is 0.454 e. The molecule has 0 unspecified atom stereocenters. The van der Waals surface area contributed by atoms with Gasteiger partial charge in [0.25, 0.3) is 0 Å². The third kappa shape index (κ3) is 6.06. The molecule has 0 aromatic rings. The first-order valence-electron chi connectivity index (χ1n) is 6.12. The van der Waals surface area contributed by atoms with Crippen molar-refractivity contribution in [2.45, 2.75) is 38.3 Å². The molecule has 0 aliphatic carbocycles. The van der Waals surface area contributed by atoms with Crippen LogP contribution >= 0.6 is 0 Å². The molecule has 0 aromatic heterocycles. The van der Waals surface area contributed by atoms with Crippen LogP contribution in [0.4, 0.5) is 0 Å². The molecule has 0 rings (SSSR count). The van der Waals surface area contributed by atoms with Crippen LogP contribution in [0.3, 0.4) is 0 Å². The van der Waals surface area contributed by atoms with Crippen molar-refractivity contribution < 1.29 is 22.5 Å². The lowest BCUT2D eigenvalue weighted by molar-refractivity contribution is 0.125. The van der Waals surface area contributed by atoms with Crippen molar-refractivity contribution in [2.75, 3.05) is 27.6 Å². The van der Waals surface area contributed by atoms with Gasteiger partial charge in [0.05, 0.1) is 6.23 Å². The molecule has 0 saturated carbocycles. The highest BCUT2D eigenvalue weighted by Crippen LogP contribution is 2.25. The topological polar surface area (TPSA) is 57.2 Å². The predicted octanol–water partition coefficient (Wildman–Crippen LogP) is 1.82. The second-order valence-corrected chi connectivity index (χ2v) is 17.3. The standard InChI is InChI=1S/C10H28O5Si3/c1-12-18(13-2,14-3)9-8-16(4,5)15-17(6,7)10-11/h11H,8-10H2,1-7H3. The van der Waals surface area contributed by atoms with Crippen LogP contribution in [0.1, 0.15) is 0 Å². The van der Waals surface area contributed by atoms with E-state index in [9.17, 15) is 5.11 Å². The van der Waals surface area contributed by atoms with E-state index < -0.39 is 25.4 Å². The van der Waals surface area contributed by atoms with Gasteiger partial charge in [-0.05, 0) is 32.2 Å². The maximum Gasteiger partial charge on any atom is 0.499 e. The molecule has 8 heteroatoms. The van der Waals surface area contributed by atoms with Crippen molar-refractivity contribution in [3.8, 4) is 0 Å². The van der Waals surface area contributed by atoms with Gasteiger partial charge in [-0.3, -0.25) is 0 Å². The van der Waals surface area contributed by atoms with Gasteiger partial charge in [0.2, 0.25) is 0 Å². The zero-order valence-electron chi connectivity index (χ0n) is 12.7. The Morgan fingerprint density at radius 3 is 1.56 bits per heavy atom. The van der Waals surface area contributed by atoms with Gasteiger partial charge in [-0.2, -0.15) is 0 Å². The van der Waals surface area contributed by atoms with Crippen LogP contribution in [-0.4, -0.2) is 58.1 Å². The van der Waals surface area contributed by atoms with E-state index in [1.54, 1.807) is 21.3 Å². The Morgan fingerprint density at radius 1 is 0.778 bits per heavy atom. The van der Waals surface area contributed by atoms with Gasteiger partial charge in [0.1, 0.15) is 0 Å². The molecular formula is C10H28O5Si3. The van der Waals surface area contributed by atoms with Crippen LogP contribution in [0, 0.1) is 0 Å². The first-order valence-corrected chi connectivity index (χ1v) is 14.3. The Kier molecular flexibility index (Phi) is 7.47. The maximum atomic E-state index is 9.32. The molecule has 0 fully saturated rings. The van der Waals surface area contributed by atoms with E-state index in [2.05, 4.69) is 13.1 Å². The van der Waals surface area contributed by atoms with E-state index in [1.807, 2.05) is 13.1 Å². The molecule has 1 N–H and O–H groups in total. The summed E-state index contributed by atoms with van der Waals surface area (Å²) in [6.07, 6.45) is 0.158. The fourth-order valence-electron chi connectivity index (χ4n) is 1.84. The Balaban J connectivity index is 4.50. The monoisotopic (exact) mass is 312 g/mol. The molecule has 0 bridgehead atoms. The molecule has 110 valence electrons. The van der Waals surface area contributed by atoms with E-state index in [1.165, 1.54) is 0 Å². The molecule has 0 spiro atoms. The van der Waals surface area contributed by atoms with E-state index in [4.69, 9.17) is 17.4 Å². The molecule has 0 aliphatic heterocycles. The number of hydrogen-bond acceptors (Lipinski definition) is 5. The summed E-state index contributed by atoms with van der Waals surface area (Å²) in [4.78, 5) is 0. The number of hydrogen-bond donors (Lipinski definition) is 1. The molecule has 0 heterocycles. The normalized spacial score (nSPS) is 14.0. The van der Waals surface area contributed by atoms with E-state index in [0.29, 0.717) is 0 Å². The number of aliphatic hydroxyl groups is 1. The van der Waals surface area contributed by atoms with Crippen LogP contribution in [0.15, 0.2) is 0 Å². The molecule has 0 amide bonds. The zero-order valence-corrected chi connectivity index (χ0v) is 15.7. The predicted molar refractivity (Wildman–Crippen MR) is 79.5 cm³/mol. The lowest BCUT2D eigenvalue weighted by atomic mass is 10.9. The molecule has 0 aromatic carbocycles. The van der Waals surface area contributed by atoms with Crippen LogP contribution in [0.25, 0.3) is 0 Å². The van der Waals surface area contributed by atoms with Gasteiger partial charge in [-0.1, -0.05) is 0 Å². The van der Waals surface area contributed by atoms with Gasteiger partial charge in [0, 0.05) is 27.4 Å². The van der Waals surface area contributed by atoms with Gasteiger partial charge < -0.3 is 22.5 Å². The minimum absolute atomic E-state index is 0.158. The van der Waals surface area contributed by atoms with Gasteiger partial charge in [-0.15, -0.1) is 0 Å². The number of rotatable bonds is 9. The summed E-state index contributed by atoms with van der Waals surface area (Å²) in [5.74, 6) is 0. The molecule has 0 aliphatic rings. The highest BCUT2D eigenvalue weighted by atomic mass is 28.4. The quantitative estimate of drug-likeness (QED) is 0.658. The highest BCUT2D eigenvalue weighted by molar-refractivity contribution is 6.85. The van der Waals surface area contributed by atoms with Crippen LogP contribution < -0.4 is 0 Å². The highest BCUT2D eigenvalue weighted by Gasteiger charge is 2.41. The molecule has 18 heavy (non-hydrogen) atoms. The van der Waals surface area contributed by atoms with Crippen molar-refractivity contribution in [3.05, 3.63) is 0 Å². The summed E-state index contributed by atoms with van der Waals surface area (Å²) in [6.45, 7) is 8.40. The number of aliphatic hydroxyl groups excluding tert-OH is 1. The Labute approximate surface area is 114 Å². The Morgan fingerprint density at radius 2 is 1.22 bits per heavy atom. The average molecular weight is 313 g/mol. The molecule has 0 saturated heterocycles. The van der Waals surface area contributed by atoms with Gasteiger partial charge >= 0.3 is 8.80 Å². The maximum absolute atomic E-state index is 9.32.